The van der Waals surface area contributed by atoms with E-state index in [0.717, 1.165) is 25.8 Å². The Kier molecular flexibility index (Phi) is 4.35. The van der Waals surface area contributed by atoms with Crippen LogP contribution in [0.15, 0.2) is 11.6 Å². The van der Waals surface area contributed by atoms with Gasteiger partial charge in [0.1, 0.15) is 11.6 Å². The molecule has 0 aliphatic carbocycles. The van der Waals surface area contributed by atoms with E-state index in [1.165, 1.54) is 12.1 Å². The first kappa shape index (κ1) is 13.3. The number of aryl methyl sites for hydroxylation is 2. The number of amides is 1. The second-order valence-corrected chi connectivity index (χ2v) is 4.67. The number of hydrogen-bond donors (Lipinski definition) is 1. The summed E-state index contributed by atoms with van der Waals surface area (Å²) in [7, 11) is 0. The van der Waals surface area contributed by atoms with Crippen molar-refractivity contribution in [3.05, 3.63) is 23.0 Å². The maximum Gasteiger partial charge on any atom is 0.262 e. The normalized spacial score (nSPS) is 14.6. The molecule has 1 N–H and O–H groups in total. The van der Waals surface area contributed by atoms with Crippen molar-refractivity contribution in [2.45, 2.75) is 39.2 Å². The lowest BCUT2D eigenvalue weighted by atomic mass is 10.1. The van der Waals surface area contributed by atoms with Crippen LogP contribution in [0, 0.1) is 11.3 Å². The summed E-state index contributed by atoms with van der Waals surface area (Å²) in [6.07, 6.45) is 5.75. The van der Waals surface area contributed by atoms with E-state index in [1.54, 1.807) is 6.08 Å². The molecule has 1 aromatic heterocycles. The Balaban J connectivity index is 2.16. The Hall–Kier alpha value is -2.09. The lowest BCUT2D eigenvalue weighted by molar-refractivity contribution is -0.117. The van der Waals surface area contributed by atoms with E-state index in [0.29, 0.717) is 12.2 Å². The third-order valence-corrected chi connectivity index (χ3v) is 3.13. The smallest absolute Gasteiger partial charge is 0.262 e. The largest absolute Gasteiger partial charge is 0.351 e. The topological polar surface area (TPSA) is 70.7 Å². The van der Waals surface area contributed by atoms with Crippen molar-refractivity contribution in [3.8, 4) is 6.07 Å². The van der Waals surface area contributed by atoms with Crippen LogP contribution in [0.1, 0.15) is 37.6 Å². The van der Waals surface area contributed by atoms with Gasteiger partial charge in [-0.1, -0.05) is 6.92 Å². The van der Waals surface area contributed by atoms with Crippen LogP contribution < -0.4 is 5.32 Å². The van der Waals surface area contributed by atoms with Gasteiger partial charge in [0.15, 0.2) is 0 Å². The molecule has 1 aliphatic heterocycles. The SMILES string of the molecule is CCCNC(=O)/C(C#N)=C\c1cc2n(n1)CCCC2. The van der Waals surface area contributed by atoms with Crippen LogP contribution >= 0.6 is 0 Å². The van der Waals surface area contributed by atoms with Gasteiger partial charge in [0.05, 0.1) is 5.69 Å². The average molecular weight is 258 g/mol. The molecule has 5 nitrogen and oxygen atoms in total. The highest BCUT2D eigenvalue weighted by molar-refractivity contribution is 6.01. The van der Waals surface area contributed by atoms with E-state index in [9.17, 15) is 4.79 Å². The molecule has 0 aromatic carbocycles. The van der Waals surface area contributed by atoms with Gasteiger partial charge in [-0.2, -0.15) is 10.4 Å². The third kappa shape index (κ3) is 3.22. The maximum absolute atomic E-state index is 11.7. The first-order chi connectivity index (χ1) is 9.24. The van der Waals surface area contributed by atoms with Crippen molar-refractivity contribution in [1.29, 1.82) is 5.26 Å². The van der Waals surface area contributed by atoms with Gasteiger partial charge in [-0.15, -0.1) is 0 Å². The van der Waals surface area contributed by atoms with E-state index in [1.807, 2.05) is 23.7 Å². The minimum atomic E-state index is -0.324. The zero-order valence-corrected chi connectivity index (χ0v) is 11.1. The summed E-state index contributed by atoms with van der Waals surface area (Å²) in [6, 6.07) is 3.90. The quantitative estimate of drug-likeness (QED) is 0.659. The number of hydrogen-bond acceptors (Lipinski definition) is 3. The number of nitrogens with zero attached hydrogens (tertiary/aromatic N) is 3. The molecule has 0 saturated heterocycles. The fourth-order valence-corrected chi connectivity index (χ4v) is 2.14. The Morgan fingerprint density at radius 2 is 2.47 bits per heavy atom. The predicted molar refractivity (Wildman–Crippen MR) is 72.1 cm³/mol. The van der Waals surface area contributed by atoms with E-state index in [2.05, 4.69) is 10.4 Å². The van der Waals surface area contributed by atoms with Crippen molar-refractivity contribution >= 4 is 12.0 Å². The molecule has 1 amide bonds. The van der Waals surface area contributed by atoms with Gasteiger partial charge in [-0.05, 0) is 37.8 Å². The molecule has 0 fully saturated rings. The van der Waals surface area contributed by atoms with Gasteiger partial charge in [0.25, 0.3) is 5.91 Å². The molecule has 5 heteroatoms. The Morgan fingerprint density at radius 1 is 1.63 bits per heavy atom. The summed E-state index contributed by atoms with van der Waals surface area (Å²) in [4.78, 5) is 11.7. The molecule has 19 heavy (non-hydrogen) atoms. The molecular weight excluding hydrogens is 240 g/mol. The lowest BCUT2D eigenvalue weighted by Gasteiger charge is -2.11. The van der Waals surface area contributed by atoms with Crippen LogP contribution in [0.4, 0.5) is 0 Å². The third-order valence-electron chi connectivity index (χ3n) is 3.13. The van der Waals surface area contributed by atoms with E-state index < -0.39 is 0 Å². The minimum Gasteiger partial charge on any atom is -0.351 e. The first-order valence-electron chi connectivity index (χ1n) is 6.71. The van der Waals surface area contributed by atoms with Gasteiger partial charge in [-0.25, -0.2) is 0 Å². The van der Waals surface area contributed by atoms with Gasteiger partial charge in [-0.3, -0.25) is 9.48 Å². The zero-order chi connectivity index (χ0) is 13.7. The predicted octanol–water partition coefficient (Wildman–Crippen LogP) is 1.65. The maximum atomic E-state index is 11.7. The Bertz CT molecular complexity index is 513. The molecule has 2 rings (SSSR count). The second kappa shape index (κ2) is 6.19. The molecule has 0 unspecified atom stereocenters. The van der Waals surface area contributed by atoms with Crippen LogP contribution in [-0.2, 0) is 17.8 Å². The average Bonchev–Trinajstić information content (AvgIpc) is 2.84. The first-order valence-corrected chi connectivity index (χ1v) is 6.71. The standard InChI is InChI=1S/C14H18N4O/c1-2-6-16-14(19)11(10-15)8-12-9-13-5-3-4-7-18(13)17-12/h8-9H,2-7H2,1H3,(H,16,19)/b11-8-. The Morgan fingerprint density at radius 3 is 3.16 bits per heavy atom. The van der Waals surface area contributed by atoms with E-state index in [-0.39, 0.29) is 11.5 Å². The molecule has 0 atom stereocenters. The van der Waals surface area contributed by atoms with E-state index >= 15 is 0 Å². The summed E-state index contributed by atoms with van der Waals surface area (Å²) in [6.45, 7) is 3.48. The van der Waals surface area contributed by atoms with Crippen molar-refractivity contribution in [1.82, 2.24) is 15.1 Å². The molecular formula is C14H18N4O. The summed E-state index contributed by atoms with van der Waals surface area (Å²) >= 11 is 0. The van der Waals surface area contributed by atoms with Gasteiger partial charge in [0.2, 0.25) is 0 Å². The zero-order valence-electron chi connectivity index (χ0n) is 11.1. The monoisotopic (exact) mass is 258 g/mol. The van der Waals surface area contributed by atoms with Crippen LogP contribution in [0.5, 0.6) is 0 Å². The van der Waals surface area contributed by atoms with Crippen molar-refractivity contribution in [3.63, 3.8) is 0 Å². The second-order valence-electron chi connectivity index (χ2n) is 4.67. The number of nitriles is 1. The molecule has 1 aliphatic rings. The highest BCUT2D eigenvalue weighted by atomic mass is 16.1. The summed E-state index contributed by atoms with van der Waals surface area (Å²) in [5.41, 5.74) is 1.99. The van der Waals surface area contributed by atoms with Crippen LogP contribution in [0.2, 0.25) is 0 Å². The van der Waals surface area contributed by atoms with Crippen LogP contribution in [0.25, 0.3) is 6.08 Å². The number of fused-ring (bicyclic) bond motifs is 1. The van der Waals surface area contributed by atoms with Gasteiger partial charge >= 0.3 is 0 Å². The minimum absolute atomic E-state index is 0.115. The van der Waals surface area contributed by atoms with Crippen LogP contribution in [-0.4, -0.2) is 22.2 Å². The fourth-order valence-electron chi connectivity index (χ4n) is 2.14. The molecule has 100 valence electrons. The molecule has 1 aromatic rings. The van der Waals surface area contributed by atoms with Crippen molar-refractivity contribution in [2.24, 2.45) is 0 Å². The summed E-state index contributed by atoms with van der Waals surface area (Å²) < 4.78 is 1.97. The van der Waals surface area contributed by atoms with Crippen LogP contribution in [0.3, 0.4) is 0 Å². The molecule has 0 spiro atoms. The molecule has 0 bridgehead atoms. The van der Waals surface area contributed by atoms with Gasteiger partial charge < -0.3 is 5.32 Å². The molecule has 2 heterocycles. The number of nitrogens with one attached hydrogen (secondary N) is 1. The fraction of sp³-hybridized carbons (Fsp3) is 0.500. The summed E-state index contributed by atoms with van der Waals surface area (Å²) in [5, 5.41) is 16.2. The van der Waals surface area contributed by atoms with Crippen molar-refractivity contribution < 1.29 is 4.79 Å². The molecule has 0 radical (unpaired) electrons. The number of aromatic nitrogens is 2. The van der Waals surface area contributed by atoms with Gasteiger partial charge in [0, 0.05) is 18.8 Å². The number of carbonyl (C=O) groups is 1. The number of carbonyl (C=O) groups excluding carboxylic acids is 1. The van der Waals surface area contributed by atoms with Crippen molar-refractivity contribution in [2.75, 3.05) is 6.54 Å². The highest BCUT2D eigenvalue weighted by Gasteiger charge is 2.13. The Labute approximate surface area is 112 Å². The number of rotatable bonds is 4. The molecule has 0 saturated carbocycles. The highest BCUT2D eigenvalue weighted by Crippen LogP contribution is 2.16. The summed E-state index contributed by atoms with van der Waals surface area (Å²) in [5.74, 6) is -0.324. The lowest BCUT2D eigenvalue weighted by Crippen LogP contribution is -2.25. The van der Waals surface area contributed by atoms with E-state index in [4.69, 9.17) is 5.26 Å².